The molecule has 1 heterocycles. The number of carbonyl (C=O) groups excluding carboxylic acids is 1. The molecule has 3 heteroatoms. The van der Waals surface area contributed by atoms with Crippen LogP contribution >= 0.6 is 11.6 Å². The minimum atomic E-state index is 0.315. The molecule has 30 heavy (non-hydrogen) atoms. The smallest absolute Gasteiger partial charge is 0.222 e. The summed E-state index contributed by atoms with van der Waals surface area (Å²) in [6.07, 6.45) is 9.78. The summed E-state index contributed by atoms with van der Waals surface area (Å²) in [6.45, 7) is 7.64. The Labute approximate surface area is 187 Å². The monoisotopic (exact) mass is 427 g/mol. The lowest BCUT2D eigenvalue weighted by molar-refractivity contribution is -0.164. The number of nitrogens with zero attached hydrogens (tertiary/aromatic N) is 1. The Morgan fingerprint density at radius 3 is 2.57 bits per heavy atom. The van der Waals surface area contributed by atoms with Crippen molar-refractivity contribution in [3.8, 4) is 0 Å². The number of likely N-dealkylation sites (tertiary alicyclic amines) is 1. The van der Waals surface area contributed by atoms with E-state index in [0.29, 0.717) is 22.8 Å². The molecule has 0 unspecified atom stereocenters. The Morgan fingerprint density at radius 2 is 1.83 bits per heavy atom. The molecule has 2 nitrogen and oxygen atoms in total. The second-order valence-corrected chi connectivity index (χ2v) is 12.3. The fraction of sp³-hybridized carbons (Fsp3) is 0.741. The first-order valence-corrected chi connectivity index (χ1v) is 12.6. The van der Waals surface area contributed by atoms with Gasteiger partial charge >= 0.3 is 0 Å². The lowest BCUT2D eigenvalue weighted by atomic mass is 9.45. The Kier molecular flexibility index (Phi) is 5.05. The van der Waals surface area contributed by atoms with Crippen LogP contribution in [0.25, 0.3) is 0 Å². The number of fused-ring (bicyclic) bond motifs is 5. The van der Waals surface area contributed by atoms with Gasteiger partial charge in [0, 0.05) is 24.5 Å². The predicted molar refractivity (Wildman–Crippen MR) is 123 cm³/mol. The average molecular weight is 428 g/mol. The van der Waals surface area contributed by atoms with Crippen LogP contribution in [0.1, 0.15) is 71.3 Å². The van der Waals surface area contributed by atoms with Crippen molar-refractivity contribution in [1.82, 2.24) is 4.90 Å². The molecule has 0 spiro atoms. The first-order chi connectivity index (χ1) is 14.2. The van der Waals surface area contributed by atoms with Crippen LogP contribution in [0.2, 0.25) is 5.02 Å². The van der Waals surface area contributed by atoms with Gasteiger partial charge in [-0.25, -0.2) is 0 Å². The van der Waals surface area contributed by atoms with Gasteiger partial charge in [0.25, 0.3) is 0 Å². The first kappa shape index (κ1) is 20.9. The zero-order valence-corrected chi connectivity index (χ0v) is 19.9. The maximum absolute atomic E-state index is 12.4. The Hall–Kier alpha value is -1.02. The molecule has 8 atom stereocenters. The van der Waals surface area contributed by atoms with E-state index in [1.807, 2.05) is 12.1 Å². The number of benzene rings is 1. The predicted octanol–water partition coefficient (Wildman–Crippen LogP) is 6.61. The molecule has 0 bridgehead atoms. The molecule has 0 radical (unpaired) electrons. The van der Waals surface area contributed by atoms with Crippen molar-refractivity contribution < 1.29 is 4.79 Å². The van der Waals surface area contributed by atoms with Crippen LogP contribution < -0.4 is 0 Å². The fourth-order valence-electron chi connectivity index (χ4n) is 8.78. The van der Waals surface area contributed by atoms with Gasteiger partial charge in [-0.15, -0.1) is 0 Å². The van der Waals surface area contributed by atoms with E-state index in [1.165, 1.54) is 44.1 Å². The number of halogens is 1. The zero-order valence-electron chi connectivity index (χ0n) is 19.2. The van der Waals surface area contributed by atoms with E-state index >= 15 is 0 Å². The summed E-state index contributed by atoms with van der Waals surface area (Å²) in [4.78, 5) is 14.6. The van der Waals surface area contributed by atoms with Gasteiger partial charge in [0.15, 0.2) is 0 Å². The number of hydrogen-bond donors (Lipinski definition) is 0. The lowest BCUT2D eigenvalue weighted by Gasteiger charge is -2.63. The SMILES string of the molecule is C[C@H]1C[C@H]2N(C)C(=O)CC[C@]2(C)[C@H]2CC[C@]3(C)C[C@@H](Cc4ccc(Cl)cc4)C[C@H]3[C@H]12. The van der Waals surface area contributed by atoms with Gasteiger partial charge in [-0.3, -0.25) is 4.79 Å². The van der Waals surface area contributed by atoms with E-state index in [0.717, 1.165) is 47.5 Å². The molecule has 1 aromatic carbocycles. The molecule has 0 N–H and O–H groups in total. The Bertz CT molecular complexity index is 821. The van der Waals surface area contributed by atoms with Crippen molar-refractivity contribution >= 4 is 17.5 Å². The lowest BCUT2D eigenvalue weighted by Crippen LogP contribution is -2.62. The highest BCUT2D eigenvalue weighted by Crippen LogP contribution is 2.67. The fourth-order valence-corrected chi connectivity index (χ4v) is 8.91. The standard InChI is InChI=1S/C27H38ClNO/c1-17-13-23-27(3,12-10-24(30)29(23)4)21-9-11-26(2)16-19(15-22(26)25(17)21)14-18-5-7-20(28)8-6-18/h5-8,17,19,21-23,25H,9-16H2,1-4H3/t17-,19-,21-,22-,23+,25+,26+,27+/m0/s1. The molecule has 5 rings (SSSR count). The molecule has 3 saturated carbocycles. The van der Waals surface area contributed by atoms with Crippen LogP contribution in [0.5, 0.6) is 0 Å². The van der Waals surface area contributed by atoms with E-state index in [4.69, 9.17) is 11.6 Å². The summed E-state index contributed by atoms with van der Waals surface area (Å²) in [5.74, 6) is 4.36. The Morgan fingerprint density at radius 1 is 1.10 bits per heavy atom. The van der Waals surface area contributed by atoms with Gasteiger partial charge in [0.1, 0.15) is 0 Å². The second kappa shape index (κ2) is 7.26. The molecule has 0 aromatic heterocycles. The van der Waals surface area contributed by atoms with Crippen molar-refractivity contribution in [2.45, 2.75) is 78.2 Å². The number of amides is 1. The maximum Gasteiger partial charge on any atom is 0.222 e. The van der Waals surface area contributed by atoms with Crippen LogP contribution in [0.3, 0.4) is 0 Å². The van der Waals surface area contributed by atoms with Crippen LogP contribution in [0, 0.1) is 40.4 Å². The van der Waals surface area contributed by atoms with Gasteiger partial charge in [0.2, 0.25) is 5.91 Å². The third-order valence-electron chi connectivity index (χ3n) is 10.2. The van der Waals surface area contributed by atoms with Crippen molar-refractivity contribution in [3.05, 3.63) is 34.9 Å². The van der Waals surface area contributed by atoms with Gasteiger partial charge < -0.3 is 4.90 Å². The van der Waals surface area contributed by atoms with E-state index in [9.17, 15) is 4.79 Å². The van der Waals surface area contributed by atoms with Gasteiger partial charge in [-0.2, -0.15) is 0 Å². The molecular weight excluding hydrogens is 390 g/mol. The molecule has 4 fully saturated rings. The normalized spacial score (nSPS) is 45.6. The quantitative estimate of drug-likeness (QED) is 0.520. The first-order valence-electron chi connectivity index (χ1n) is 12.2. The van der Waals surface area contributed by atoms with Gasteiger partial charge in [-0.1, -0.05) is 44.5 Å². The summed E-state index contributed by atoms with van der Waals surface area (Å²) in [7, 11) is 2.07. The van der Waals surface area contributed by atoms with E-state index < -0.39 is 0 Å². The van der Waals surface area contributed by atoms with E-state index in [-0.39, 0.29) is 0 Å². The van der Waals surface area contributed by atoms with E-state index in [2.05, 4.69) is 44.9 Å². The number of hydrogen-bond acceptors (Lipinski definition) is 1. The molecule has 3 aliphatic carbocycles. The third kappa shape index (κ3) is 3.15. The van der Waals surface area contributed by atoms with Crippen molar-refractivity contribution in [2.75, 3.05) is 7.05 Å². The Balaban J connectivity index is 1.39. The van der Waals surface area contributed by atoms with E-state index in [1.54, 1.807) is 0 Å². The summed E-state index contributed by atoms with van der Waals surface area (Å²) in [5.41, 5.74) is 2.26. The highest BCUT2D eigenvalue weighted by molar-refractivity contribution is 6.30. The number of piperidine rings is 1. The minimum Gasteiger partial charge on any atom is -0.342 e. The molecule has 1 aromatic rings. The number of rotatable bonds is 2. The molecule has 1 amide bonds. The summed E-state index contributed by atoms with van der Waals surface area (Å²) >= 11 is 6.11. The summed E-state index contributed by atoms with van der Waals surface area (Å²) < 4.78 is 0. The maximum atomic E-state index is 12.4. The third-order valence-corrected chi connectivity index (χ3v) is 10.5. The second-order valence-electron chi connectivity index (χ2n) is 11.9. The molecule has 1 saturated heterocycles. The van der Waals surface area contributed by atoms with Gasteiger partial charge in [-0.05, 0) is 103 Å². The summed E-state index contributed by atoms with van der Waals surface area (Å²) in [5, 5.41) is 0.836. The highest BCUT2D eigenvalue weighted by Gasteiger charge is 2.61. The molecule has 1 aliphatic heterocycles. The van der Waals surface area contributed by atoms with Crippen LogP contribution in [-0.2, 0) is 11.2 Å². The van der Waals surface area contributed by atoms with Crippen molar-refractivity contribution in [1.29, 1.82) is 0 Å². The largest absolute Gasteiger partial charge is 0.342 e. The molecular formula is C27H38ClNO. The van der Waals surface area contributed by atoms with Gasteiger partial charge in [0.05, 0.1) is 0 Å². The highest BCUT2D eigenvalue weighted by atomic mass is 35.5. The van der Waals surface area contributed by atoms with Crippen LogP contribution in [0.4, 0.5) is 0 Å². The minimum absolute atomic E-state index is 0.315. The summed E-state index contributed by atoms with van der Waals surface area (Å²) in [6, 6.07) is 8.98. The van der Waals surface area contributed by atoms with Crippen molar-refractivity contribution in [2.24, 2.45) is 40.4 Å². The molecule has 4 aliphatic rings. The number of carbonyl (C=O) groups is 1. The molecule has 164 valence electrons. The van der Waals surface area contributed by atoms with Crippen LogP contribution in [-0.4, -0.2) is 23.9 Å². The topological polar surface area (TPSA) is 20.3 Å². The van der Waals surface area contributed by atoms with Crippen LogP contribution in [0.15, 0.2) is 24.3 Å². The average Bonchev–Trinajstić information content (AvgIpc) is 3.04. The zero-order chi connectivity index (χ0) is 21.3. The van der Waals surface area contributed by atoms with Crippen molar-refractivity contribution in [3.63, 3.8) is 0 Å².